The minimum atomic E-state index is -0.800. The largest absolute Gasteiger partial charge is 0.480 e. The third kappa shape index (κ3) is 1.52. The molecule has 1 N–H and O–H groups in total. The topological polar surface area (TPSA) is 49.7 Å². The molecule has 1 heterocycles. The van der Waals surface area contributed by atoms with Crippen molar-refractivity contribution >= 4 is 12.2 Å². The fraction of sp³-hybridized carbons (Fsp3) is 0.667. The number of hydrogen-bond acceptors (Lipinski definition) is 2. The number of hydrogen-bond donors (Lipinski definition) is 1. The fourth-order valence-corrected chi connectivity index (χ4v) is 0.866. The predicted molar refractivity (Wildman–Crippen MR) is 33.8 cm³/mol. The van der Waals surface area contributed by atoms with E-state index < -0.39 is 12.0 Å². The van der Waals surface area contributed by atoms with Gasteiger partial charge in [0, 0.05) is 0 Å². The quantitative estimate of drug-likeness (QED) is 0.563. The summed E-state index contributed by atoms with van der Waals surface area (Å²) >= 11 is 0. The van der Waals surface area contributed by atoms with Crippen molar-refractivity contribution in [1.82, 2.24) is 0 Å². The van der Waals surface area contributed by atoms with Gasteiger partial charge in [-0.2, -0.15) is 0 Å². The maximum Gasteiger partial charge on any atom is 0.328 e. The highest BCUT2D eigenvalue weighted by atomic mass is 16.4. The zero-order valence-electron chi connectivity index (χ0n) is 5.08. The van der Waals surface area contributed by atoms with E-state index in [1.54, 1.807) is 6.21 Å². The molecule has 0 aromatic heterocycles. The lowest BCUT2D eigenvalue weighted by atomic mass is 10.1. The van der Waals surface area contributed by atoms with Gasteiger partial charge in [0.05, 0.1) is 0 Å². The summed E-state index contributed by atoms with van der Waals surface area (Å²) < 4.78 is 0. The SMILES string of the molecule is O=C(O)[C@H]1CCCC=N1. The molecular weight excluding hydrogens is 118 g/mol. The second-order valence-electron chi connectivity index (χ2n) is 2.12. The lowest BCUT2D eigenvalue weighted by Gasteiger charge is -2.09. The van der Waals surface area contributed by atoms with Gasteiger partial charge in [0.2, 0.25) is 0 Å². The first-order chi connectivity index (χ1) is 4.30. The molecule has 50 valence electrons. The predicted octanol–water partition coefficient (Wildman–Crippen LogP) is 0.694. The Morgan fingerprint density at radius 1 is 1.78 bits per heavy atom. The highest BCUT2D eigenvalue weighted by Gasteiger charge is 2.16. The van der Waals surface area contributed by atoms with Gasteiger partial charge in [-0.1, -0.05) is 0 Å². The molecule has 0 aromatic rings. The Morgan fingerprint density at radius 2 is 2.56 bits per heavy atom. The highest BCUT2D eigenvalue weighted by Crippen LogP contribution is 2.08. The van der Waals surface area contributed by atoms with Crippen LogP contribution in [0.5, 0.6) is 0 Å². The van der Waals surface area contributed by atoms with Crippen molar-refractivity contribution in [1.29, 1.82) is 0 Å². The maximum absolute atomic E-state index is 10.2. The molecule has 0 unspecified atom stereocenters. The molecule has 1 aliphatic rings. The lowest BCUT2D eigenvalue weighted by Crippen LogP contribution is -2.20. The number of carboxylic acids is 1. The Bertz CT molecular complexity index is 142. The van der Waals surface area contributed by atoms with Gasteiger partial charge in [-0.3, -0.25) is 4.99 Å². The number of rotatable bonds is 1. The van der Waals surface area contributed by atoms with Crippen molar-refractivity contribution in [3.8, 4) is 0 Å². The number of nitrogens with zero attached hydrogens (tertiary/aromatic N) is 1. The molecule has 1 aliphatic heterocycles. The molecule has 0 fully saturated rings. The zero-order valence-corrected chi connectivity index (χ0v) is 5.08. The van der Waals surface area contributed by atoms with Gasteiger partial charge >= 0.3 is 5.97 Å². The summed E-state index contributed by atoms with van der Waals surface area (Å²) in [5, 5.41) is 8.42. The minimum Gasteiger partial charge on any atom is -0.480 e. The summed E-state index contributed by atoms with van der Waals surface area (Å²) in [4.78, 5) is 14.0. The zero-order chi connectivity index (χ0) is 6.69. The smallest absolute Gasteiger partial charge is 0.328 e. The second-order valence-corrected chi connectivity index (χ2v) is 2.12. The van der Waals surface area contributed by atoms with Gasteiger partial charge in [0.1, 0.15) is 6.04 Å². The normalized spacial score (nSPS) is 26.0. The van der Waals surface area contributed by atoms with Gasteiger partial charge in [-0.05, 0) is 25.5 Å². The van der Waals surface area contributed by atoms with Crippen molar-refractivity contribution in [3.63, 3.8) is 0 Å². The molecule has 0 amide bonds. The summed E-state index contributed by atoms with van der Waals surface area (Å²) in [6.07, 6.45) is 4.29. The molecule has 3 nitrogen and oxygen atoms in total. The van der Waals surface area contributed by atoms with Crippen LogP contribution in [0.25, 0.3) is 0 Å². The monoisotopic (exact) mass is 127 g/mol. The summed E-state index contributed by atoms with van der Waals surface area (Å²) in [5.41, 5.74) is 0. The van der Waals surface area contributed by atoms with Crippen LogP contribution in [0.1, 0.15) is 19.3 Å². The van der Waals surface area contributed by atoms with Gasteiger partial charge in [-0.15, -0.1) is 0 Å². The number of carboxylic acid groups (broad SMARTS) is 1. The first-order valence-electron chi connectivity index (χ1n) is 3.05. The molecule has 0 bridgehead atoms. The number of aliphatic carboxylic acids is 1. The Hall–Kier alpha value is -0.860. The van der Waals surface area contributed by atoms with Crippen LogP contribution in [0.2, 0.25) is 0 Å². The van der Waals surface area contributed by atoms with Crippen molar-refractivity contribution < 1.29 is 9.90 Å². The van der Waals surface area contributed by atoms with E-state index in [0.717, 1.165) is 12.8 Å². The van der Waals surface area contributed by atoms with Crippen LogP contribution >= 0.6 is 0 Å². The lowest BCUT2D eigenvalue weighted by molar-refractivity contribution is -0.138. The average molecular weight is 127 g/mol. The van der Waals surface area contributed by atoms with E-state index in [1.807, 2.05) is 0 Å². The van der Waals surface area contributed by atoms with Crippen molar-refractivity contribution in [2.24, 2.45) is 4.99 Å². The molecule has 0 aliphatic carbocycles. The molecular formula is C6H9NO2. The van der Waals surface area contributed by atoms with Gasteiger partial charge in [0.25, 0.3) is 0 Å². The van der Waals surface area contributed by atoms with Crippen molar-refractivity contribution in [3.05, 3.63) is 0 Å². The summed E-state index contributed by atoms with van der Waals surface area (Å²) in [5.74, 6) is -0.800. The molecule has 0 radical (unpaired) electrons. The van der Waals surface area contributed by atoms with E-state index in [0.29, 0.717) is 6.42 Å². The molecule has 0 spiro atoms. The van der Waals surface area contributed by atoms with Crippen molar-refractivity contribution in [2.75, 3.05) is 0 Å². The molecule has 0 saturated carbocycles. The van der Waals surface area contributed by atoms with E-state index in [1.165, 1.54) is 0 Å². The van der Waals surface area contributed by atoms with E-state index in [9.17, 15) is 4.79 Å². The first-order valence-corrected chi connectivity index (χ1v) is 3.05. The van der Waals surface area contributed by atoms with E-state index in [-0.39, 0.29) is 0 Å². The highest BCUT2D eigenvalue weighted by molar-refractivity contribution is 5.76. The molecule has 3 heteroatoms. The van der Waals surface area contributed by atoms with Gasteiger partial charge < -0.3 is 5.11 Å². The summed E-state index contributed by atoms with van der Waals surface area (Å²) in [7, 11) is 0. The molecule has 9 heavy (non-hydrogen) atoms. The van der Waals surface area contributed by atoms with E-state index in [4.69, 9.17) is 5.11 Å². The van der Waals surface area contributed by atoms with Crippen LogP contribution in [0.3, 0.4) is 0 Å². The second kappa shape index (κ2) is 2.62. The van der Waals surface area contributed by atoms with Crippen LogP contribution in [0.4, 0.5) is 0 Å². The molecule has 0 saturated heterocycles. The molecule has 0 aromatic carbocycles. The van der Waals surface area contributed by atoms with Crippen LogP contribution in [-0.2, 0) is 4.79 Å². The summed E-state index contributed by atoms with van der Waals surface area (Å²) in [6.45, 7) is 0. The fourth-order valence-electron chi connectivity index (χ4n) is 0.866. The van der Waals surface area contributed by atoms with Crippen LogP contribution in [0.15, 0.2) is 4.99 Å². The van der Waals surface area contributed by atoms with E-state index >= 15 is 0 Å². The minimum absolute atomic E-state index is 0.459. The number of aliphatic imine (C=N–C) groups is 1. The van der Waals surface area contributed by atoms with Crippen LogP contribution < -0.4 is 0 Å². The summed E-state index contributed by atoms with van der Waals surface area (Å²) in [6, 6.07) is -0.459. The molecule has 1 atom stereocenters. The molecule has 1 rings (SSSR count). The Kier molecular flexibility index (Phi) is 1.82. The van der Waals surface area contributed by atoms with E-state index in [2.05, 4.69) is 4.99 Å². The van der Waals surface area contributed by atoms with Gasteiger partial charge in [-0.25, -0.2) is 4.79 Å². The Labute approximate surface area is 53.4 Å². The third-order valence-electron chi connectivity index (χ3n) is 1.38. The van der Waals surface area contributed by atoms with Crippen LogP contribution in [-0.4, -0.2) is 23.3 Å². The average Bonchev–Trinajstić information content (AvgIpc) is 1.90. The maximum atomic E-state index is 10.2. The standard InChI is InChI=1S/C6H9NO2/c8-6(9)5-3-1-2-4-7-5/h4-5H,1-3H2,(H,8,9)/t5-/m1/s1. The first kappa shape index (κ1) is 6.26. The van der Waals surface area contributed by atoms with Crippen LogP contribution in [0, 0.1) is 0 Å². The Morgan fingerprint density at radius 3 is 2.89 bits per heavy atom. The number of carbonyl (C=O) groups is 1. The Balaban J connectivity index is 2.50. The third-order valence-corrected chi connectivity index (χ3v) is 1.38. The van der Waals surface area contributed by atoms with Crippen molar-refractivity contribution in [2.45, 2.75) is 25.3 Å². The van der Waals surface area contributed by atoms with Gasteiger partial charge in [0.15, 0.2) is 0 Å².